The summed E-state index contributed by atoms with van der Waals surface area (Å²) in [7, 11) is 3.52. The summed E-state index contributed by atoms with van der Waals surface area (Å²) in [5.74, 6) is -1.10. The first-order valence-corrected chi connectivity index (χ1v) is 4.85. The Bertz CT molecular complexity index is 329. The molecule has 0 spiro atoms. The molecular weight excluding hydrogens is 254 g/mol. The summed E-state index contributed by atoms with van der Waals surface area (Å²) in [6.45, 7) is 0.129. The molecule has 0 atom stereocenters. The molecule has 0 aliphatic heterocycles. The molecule has 0 saturated carbocycles. The Morgan fingerprint density at radius 1 is 1.36 bits per heavy atom. The highest BCUT2D eigenvalue weighted by Crippen LogP contribution is 2.21. The van der Waals surface area contributed by atoms with Gasteiger partial charge < -0.3 is 0 Å². The Morgan fingerprint density at radius 3 is 2.57 bits per heavy atom. The number of hydrogen-bond acceptors (Lipinski definition) is 2. The van der Waals surface area contributed by atoms with Crippen molar-refractivity contribution < 1.29 is 8.78 Å². The van der Waals surface area contributed by atoms with E-state index in [1.165, 1.54) is 12.1 Å². The Balaban J connectivity index is 2.89. The van der Waals surface area contributed by atoms with Gasteiger partial charge in [0.15, 0.2) is 0 Å². The average molecular weight is 265 g/mol. The van der Waals surface area contributed by atoms with Gasteiger partial charge in [-0.05, 0) is 28.1 Å². The molecule has 0 saturated heterocycles. The Kier molecular flexibility index (Phi) is 3.97. The van der Waals surface area contributed by atoms with Crippen molar-refractivity contribution in [2.24, 2.45) is 0 Å². The summed E-state index contributed by atoms with van der Waals surface area (Å²) in [6, 6.07) is 2.59. The first kappa shape index (κ1) is 11.6. The molecule has 0 unspecified atom stereocenters. The molecule has 14 heavy (non-hydrogen) atoms. The summed E-state index contributed by atoms with van der Waals surface area (Å²) in [5.41, 5.74) is 2.84. The van der Waals surface area contributed by atoms with E-state index in [2.05, 4.69) is 21.4 Å². The monoisotopic (exact) mass is 264 g/mol. The Hall–Kier alpha value is -0.520. The van der Waals surface area contributed by atoms with E-state index in [1.54, 1.807) is 19.1 Å². The van der Waals surface area contributed by atoms with E-state index in [9.17, 15) is 8.78 Å². The van der Waals surface area contributed by atoms with Crippen LogP contribution in [-0.2, 0) is 6.54 Å². The van der Waals surface area contributed by atoms with Crippen LogP contribution >= 0.6 is 15.9 Å². The smallest absolute Gasteiger partial charge is 0.144 e. The Labute approximate surface area is 90.0 Å². The van der Waals surface area contributed by atoms with E-state index in [-0.39, 0.29) is 16.6 Å². The first-order valence-electron chi connectivity index (χ1n) is 4.05. The van der Waals surface area contributed by atoms with Gasteiger partial charge in [-0.15, -0.1) is 0 Å². The van der Waals surface area contributed by atoms with Crippen molar-refractivity contribution >= 4 is 15.9 Å². The molecule has 0 amide bonds. The zero-order valence-corrected chi connectivity index (χ0v) is 9.53. The van der Waals surface area contributed by atoms with Crippen LogP contribution in [0.5, 0.6) is 0 Å². The second kappa shape index (κ2) is 4.82. The standard InChI is InChI=1S/C9H11BrF2N2/c1-14(2)13-5-6-8(11)4-3-7(10)9(6)12/h3-4,13H,5H2,1-2H3. The third kappa shape index (κ3) is 2.73. The number of benzene rings is 1. The number of halogens is 3. The molecule has 2 nitrogen and oxygen atoms in total. The molecule has 0 aromatic heterocycles. The van der Waals surface area contributed by atoms with Crippen LogP contribution in [0, 0.1) is 11.6 Å². The first-order chi connectivity index (χ1) is 6.52. The molecule has 0 fully saturated rings. The fourth-order valence-corrected chi connectivity index (χ4v) is 1.34. The van der Waals surface area contributed by atoms with Gasteiger partial charge in [0.2, 0.25) is 0 Å². The third-order valence-electron chi connectivity index (χ3n) is 1.71. The van der Waals surface area contributed by atoms with Gasteiger partial charge in [-0.2, -0.15) is 0 Å². The van der Waals surface area contributed by atoms with Crippen LogP contribution in [-0.4, -0.2) is 19.1 Å². The topological polar surface area (TPSA) is 15.3 Å². The lowest BCUT2D eigenvalue weighted by molar-refractivity contribution is 0.281. The lowest BCUT2D eigenvalue weighted by atomic mass is 10.2. The summed E-state index contributed by atoms with van der Waals surface area (Å²) in [6.07, 6.45) is 0. The van der Waals surface area contributed by atoms with Crippen molar-refractivity contribution in [3.63, 3.8) is 0 Å². The lowest BCUT2D eigenvalue weighted by Crippen LogP contribution is -2.30. The van der Waals surface area contributed by atoms with Crippen LogP contribution in [0.4, 0.5) is 8.78 Å². The molecule has 0 radical (unpaired) electrons. The lowest BCUT2D eigenvalue weighted by Gasteiger charge is -2.13. The molecule has 1 N–H and O–H groups in total. The second-order valence-corrected chi connectivity index (χ2v) is 3.91. The molecule has 78 valence electrons. The van der Waals surface area contributed by atoms with Crippen LogP contribution < -0.4 is 5.43 Å². The number of nitrogens with zero attached hydrogens (tertiary/aromatic N) is 1. The van der Waals surface area contributed by atoms with Crippen molar-refractivity contribution in [2.45, 2.75) is 6.54 Å². The van der Waals surface area contributed by atoms with Gasteiger partial charge in [0.05, 0.1) is 4.47 Å². The summed E-state index contributed by atoms with van der Waals surface area (Å²) >= 11 is 3.00. The highest BCUT2D eigenvalue weighted by atomic mass is 79.9. The van der Waals surface area contributed by atoms with E-state index in [0.717, 1.165) is 0 Å². The van der Waals surface area contributed by atoms with Gasteiger partial charge in [-0.25, -0.2) is 8.78 Å². The van der Waals surface area contributed by atoms with Crippen LogP contribution in [0.2, 0.25) is 0 Å². The van der Waals surface area contributed by atoms with Crippen molar-refractivity contribution in [1.29, 1.82) is 0 Å². The molecule has 0 heterocycles. The number of hydrogen-bond donors (Lipinski definition) is 1. The van der Waals surface area contributed by atoms with E-state index in [4.69, 9.17) is 0 Å². The van der Waals surface area contributed by atoms with Crippen molar-refractivity contribution in [3.05, 3.63) is 33.8 Å². The van der Waals surface area contributed by atoms with Crippen molar-refractivity contribution in [2.75, 3.05) is 14.1 Å². The zero-order valence-electron chi connectivity index (χ0n) is 7.94. The normalized spacial score (nSPS) is 11.0. The average Bonchev–Trinajstić information content (AvgIpc) is 2.11. The van der Waals surface area contributed by atoms with Gasteiger partial charge in [-0.3, -0.25) is 10.4 Å². The minimum Gasteiger partial charge on any atom is -0.251 e. The summed E-state index contributed by atoms with van der Waals surface area (Å²) in [4.78, 5) is 0. The molecule has 5 heteroatoms. The third-order valence-corrected chi connectivity index (χ3v) is 2.32. The zero-order chi connectivity index (χ0) is 10.7. The molecule has 1 aromatic rings. The molecule has 0 aliphatic rings. The maximum Gasteiger partial charge on any atom is 0.144 e. The fourth-order valence-electron chi connectivity index (χ4n) is 0.968. The minimum absolute atomic E-state index is 0.0353. The predicted octanol–water partition coefficient (Wildman–Crippen LogP) is 2.29. The summed E-state index contributed by atoms with van der Waals surface area (Å²) < 4.78 is 26.8. The van der Waals surface area contributed by atoms with Crippen LogP contribution in [0.25, 0.3) is 0 Å². The van der Waals surface area contributed by atoms with Crippen LogP contribution in [0.15, 0.2) is 16.6 Å². The largest absolute Gasteiger partial charge is 0.251 e. The fraction of sp³-hybridized carbons (Fsp3) is 0.333. The van der Waals surface area contributed by atoms with Gasteiger partial charge >= 0.3 is 0 Å². The van der Waals surface area contributed by atoms with E-state index >= 15 is 0 Å². The Morgan fingerprint density at radius 2 is 2.00 bits per heavy atom. The van der Waals surface area contributed by atoms with E-state index in [0.29, 0.717) is 0 Å². The van der Waals surface area contributed by atoms with E-state index in [1.807, 2.05) is 0 Å². The van der Waals surface area contributed by atoms with Crippen LogP contribution in [0.1, 0.15) is 5.56 Å². The van der Waals surface area contributed by atoms with Crippen molar-refractivity contribution in [1.82, 2.24) is 10.4 Å². The summed E-state index contributed by atoms with van der Waals surface area (Å²) in [5, 5.41) is 1.64. The molecule has 0 bridgehead atoms. The predicted molar refractivity (Wildman–Crippen MR) is 54.6 cm³/mol. The number of nitrogens with one attached hydrogen (secondary N) is 1. The van der Waals surface area contributed by atoms with Gasteiger partial charge in [0.1, 0.15) is 11.6 Å². The van der Waals surface area contributed by atoms with Crippen molar-refractivity contribution in [3.8, 4) is 0 Å². The number of hydrazine groups is 1. The van der Waals surface area contributed by atoms with E-state index < -0.39 is 11.6 Å². The highest BCUT2D eigenvalue weighted by Gasteiger charge is 2.11. The SMILES string of the molecule is CN(C)NCc1c(F)ccc(Br)c1F. The minimum atomic E-state index is -0.556. The molecule has 1 aromatic carbocycles. The number of rotatable bonds is 3. The maximum absolute atomic E-state index is 13.4. The van der Waals surface area contributed by atoms with Crippen LogP contribution in [0.3, 0.4) is 0 Å². The quantitative estimate of drug-likeness (QED) is 0.666. The molecule has 0 aliphatic carbocycles. The second-order valence-electron chi connectivity index (χ2n) is 3.05. The van der Waals surface area contributed by atoms with Gasteiger partial charge in [-0.1, -0.05) is 0 Å². The van der Waals surface area contributed by atoms with Gasteiger partial charge in [0.25, 0.3) is 0 Å². The maximum atomic E-state index is 13.4. The van der Waals surface area contributed by atoms with Gasteiger partial charge in [0, 0.05) is 26.2 Å². The highest BCUT2D eigenvalue weighted by molar-refractivity contribution is 9.10. The molecule has 1 rings (SSSR count). The molecular formula is C9H11BrF2N2.